The Morgan fingerprint density at radius 1 is 1.05 bits per heavy atom. The number of aromatic nitrogens is 1. The molecule has 0 spiro atoms. The maximum atomic E-state index is 13.1. The number of rotatable bonds is 8. The summed E-state index contributed by atoms with van der Waals surface area (Å²) in [4.78, 5) is 24.2. The molecular formula is C29H28BrClN2O4. The van der Waals surface area contributed by atoms with Gasteiger partial charge in [-0.15, -0.1) is 0 Å². The fraction of sp³-hybridized carbons (Fsp3) is 0.241. The van der Waals surface area contributed by atoms with Gasteiger partial charge in [0.2, 0.25) is 0 Å². The first kappa shape index (κ1) is 26.8. The van der Waals surface area contributed by atoms with Crippen molar-refractivity contribution in [3.05, 3.63) is 98.1 Å². The molecule has 0 radical (unpaired) electrons. The fourth-order valence-corrected chi connectivity index (χ4v) is 4.72. The van der Waals surface area contributed by atoms with Crippen molar-refractivity contribution in [3.8, 4) is 5.75 Å². The zero-order valence-electron chi connectivity index (χ0n) is 21.0. The third kappa shape index (κ3) is 5.84. The van der Waals surface area contributed by atoms with Gasteiger partial charge < -0.3 is 19.7 Å². The molecule has 1 heterocycles. The Balaban J connectivity index is 1.60. The van der Waals surface area contributed by atoms with Gasteiger partial charge in [-0.1, -0.05) is 39.7 Å². The van der Waals surface area contributed by atoms with Crippen LogP contribution in [0.5, 0.6) is 5.75 Å². The highest BCUT2D eigenvalue weighted by atomic mass is 79.9. The second kappa shape index (κ2) is 11.0. The summed E-state index contributed by atoms with van der Waals surface area (Å²) in [5.41, 5.74) is 5.53. The molecule has 6 nitrogen and oxygen atoms in total. The Morgan fingerprint density at radius 3 is 2.43 bits per heavy atom. The highest BCUT2D eigenvalue weighted by Gasteiger charge is 2.18. The van der Waals surface area contributed by atoms with E-state index in [4.69, 9.17) is 21.4 Å². The van der Waals surface area contributed by atoms with Crippen LogP contribution >= 0.6 is 27.5 Å². The van der Waals surface area contributed by atoms with Crippen LogP contribution < -0.4 is 10.1 Å². The van der Waals surface area contributed by atoms with Gasteiger partial charge in [0.15, 0.2) is 6.10 Å². The summed E-state index contributed by atoms with van der Waals surface area (Å²) in [5.74, 6) is -0.730. The molecule has 4 aromatic rings. The number of nitrogens with zero attached hydrogens (tertiary/aromatic N) is 1. The molecule has 192 valence electrons. The first-order valence-electron chi connectivity index (χ1n) is 11.9. The van der Waals surface area contributed by atoms with Crippen LogP contribution in [0.2, 0.25) is 5.02 Å². The number of ether oxygens (including phenoxy) is 1. The second-order valence-corrected chi connectivity index (χ2v) is 10.4. The summed E-state index contributed by atoms with van der Waals surface area (Å²) < 4.78 is 8.66. The van der Waals surface area contributed by atoms with Crippen molar-refractivity contribution < 1.29 is 19.4 Å². The van der Waals surface area contributed by atoms with Crippen molar-refractivity contribution in [1.29, 1.82) is 0 Å². The minimum Gasteiger partial charge on any atom is -0.479 e. The molecule has 0 bridgehead atoms. The molecule has 0 fully saturated rings. The number of halogens is 2. The Bertz CT molecular complexity index is 1480. The molecule has 3 aromatic carbocycles. The Hall–Kier alpha value is -3.29. The largest absolute Gasteiger partial charge is 0.479 e. The van der Waals surface area contributed by atoms with E-state index in [2.05, 4.69) is 25.8 Å². The smallest absolute Gasteiger partial charge is 0.344 e. The maximum absolute atomic E-state index is 13.1. The fourth-order valence-electron chi connectivity index (χ4n) is 4.28. The lowest BCUT2D eigenvalue weighted by Gasteiger charge is -2.15. The summed E-state index contributed by atoms with van der Waals surface area (Å²) >= 11 is 9.93. The number of carboxylic acid groups (broad SMARTS) is 1. The molecule has 0 saturated heterocycles. The number of aliphatic carboxylic acids is 1. The van der Waals surface area contributed by atoms with Gasteiger partial charge in [-0.3, -0.25) is 4.79 Å². The number of amides is 1. The van der Waals surface area contributed by atoms with Crippen LogP contribution in [0.25, 0.3) is 10.9 Å². The molecule has 4 rings (SSSR count). The lowest BCUT2D eigenvalue weighted by Crippen LogP contribution is -2.26. The number of benzene rings is 3. The van der Waals surface area contributed by atoms with E-state index in [1.54, 1.807) is 18.2 Å². The van der Waals surface area contributed by atoms with E-state index in [9.17, 15) is 9.59 Å². The number of hydrogen-bond acceptors (Lipinski definition) is 3. The van der Waals surface area contributed by atoms with Gasteiger partial charge in [0, 0.05) is 38.2 Å². The predicted octanol–water partition coefficient (Wildman–Crippen LogP) is 7.07. The first-order valence-corrected chi connectivity index (χ1v) is 13.1. The monoisotopic (exact) mass is 582 g/mol. The summed E-state index contributed by atoms with van der Waals surface area (Å²) in [6, 6.07) is 18.6. The number of carbonyl (C=O) groups is 2. The number of hydrogen-bond donors (Lipinski definition) is 2. The van der Waals surface area contributed by atoms with Gasteiger partial charge in [0.25, 0.3) is 5.91 Å². The van der Waals surface area contributed by atoms with Crippen molar-refractivity contribution in [2.75, 3.05) is 0 Å². The summed E-state index contributed by atoms with van der Waals surface area (Å²) in [7, 11) is 0. The minimum atomic E-state index is -1.04. The number of fused-ring (bicyclic) bond motifs is 1. The highest BCUT2D eigenvalue weighted by Crippen LogP contribution is 2.30. The third-order valence-corrected chi connectivity index (χ3v) is 7.52. The predicted molar refractivity (Wildman–Crippen MR) is 150 cm³/mol. The van der Waals surface area contributed by atoms with Crippen LogP contribution in [0.1, 0.15) is 52.6 Å². The van der Waals surface area contributed by atoms with Gasteiger partial charge in [0.05, 0.1) is 6.04 Å². The first-order chi connectivity index (χ1) is 17.5. The Morgan fingerprint density at radius 2 is 1.76 bits per heavy atom. The van der Waals surface area contributed by atoms with Crippen LogP contribution in [-0.2, 0) is 11.3 Å². The molecule has 37 heavy (non-hydrogen) atoms. The molecule has 0 aliphatic rings. The Kier molecular flexibility index (Phi) is 7.95. The van der Waals surface area contributed by atoms with Gasteiger partial charge in [-0.25, -0.2) is 4.79 Å². The quantitative estimate of drug-likeness (QED) is 0.233. The zero-order chi connectivity index (χ0) is 26.9. The van der Waals surface area contributed by atoms with E-state index in [0.717, 1.165) is 37.8 Å². The highest BCUT2D eigenvalue weighted by molar-refractivity contribution is 9.10. The molecule has 2 atom stereocenters. The van der Waals surface area contributed by atoms with E-state index in [-0.39, 0.29) is 11.9 Å². The van der Waals surface area contributed by atoms with Gasteiger partial charge >= 0.3 is 5.97 Å². The van der Waals surface area contributed by atoms with E-state index >= 15 is 0 Å². The SMILES string of the molecule is Cc1c(C)n(Cc2cc(O[C@@H](C)C(=O)O)ccc2Cl)c2ccc(C(=O)N[C@@H](C)c3ccc(Br)cc3)cc12. The van der Waals surface area contributed by atoms with Gasteiger partial charge in [-0.2, -0.15) is 0 Å². The van der Waals surface area contributed by atoms with Crippen LogP contribution in [0.4, 0.5) is 0 Å². The molecule has 2 N–H and O–H groups in total. The average molecular weight is 584 g/mol. The van der Waals surface area contributed by atoms with E-state index in [0.29, 0.717) is 22.9 Å². The molecule has 0 aliphatic carbocycles. The zero-order valence-corrected chi connectivity index (χ0v) is 23.4. The summed E-state index contributed by atoms with van der Waals surface area (Å²) in [6.07, 6.45) is -0.971. The number of aryl methyl sites for hydroxylation is 1. The average Bonchev–Trinajstić information content (AvgIpc) is 3.10. The second-order valence-electron chi connectivity index (χ2n) is 9.13. The molecule has 0 saturated carbocycles. The van der Waals surface area contributed by atoms with Crippen molar-refractivity contribution in [2.24, 2.45) is 0 Å². The third-order valence-electron chi connectivity index (χ3n) is 6.62. The lowest BCUT2D eigenvalue weighted by atomic mass is 10.1. The van der Waals surface area contributed by atoms with Crippen LogP contribution in [-0.4, -0.2) is 27.7 Å². The minimum absolute atomic E-state index is 0.135. The van der Waals surface area contributed by atoms with Crippen molar-refractivity contribution in [3.63, 3.8) is 0 Å². The molecule has 1 amide bonds. The van der Waals surface area contributed by atoms with E-state index < -0.39 is 12.1 Å². The lowest BCUT2D eigenvalue weighted by molar-refractivity contribution is -0.144. The van der Waals surface area contributed by atoms with Crippen molar-refractivity contribution in [1.82, 2.24) is 9.88 Å². The van der Waals surface area contributed by atoms with E-state index in [1.165, 1.54) is 6.92 Å². The van der Waals surface area contributed by atoms with Crippen molar-refractivity contribution >= 4 is 50.3 Å². The number of nitrogens with one attached hydrogen (secondary N) is 1. The normalized spacial score (nSPS) is 12.8. The van der Waals surface area contributed by atoms with Crippen LogP contribution in [0.15, 0.2) is 65.1 Å². The van der Waals surface area contributed by atoms with E-state index in [1.807, 2.05) is 63.2 Å². The topological polar surface area (TPSA) is 80.6 Å². The van der Waals surface area contributed by atoms with Crippen molar-refractivity contribution in [2.45, 2.75) is 46.4 Å². The van der Waals surface area contributed by atoms with Gasteiger partial charge in [-0.05, 0) is 92.9 Å². The standard InChI is InChI=1S/C29H28BrClN2O4/c1-16-18(3)33(15-22-13-24(10-11-26(22)31)37-19(4)29(35)36)27-12-7-21(14-25(16)27)28(34)32-17(2)20-5-8-23(30)9-6-20/h5-14,17,19H,15H2,1-4H3,(H,32,34)(H,35,36)/t17-,19-/m0/s1. The molecule has 1 aromatic heterocycles. The molecule has 0 unspecified atom stereocenters. The van der Waals surface area contributed by atoms with Gasteiger partial charge in [0.1, 0.15) is 5.75 Å². The number of carboxylic acids is 1. The Labute approximate surface area is 229 Å². The van der Waals surface area contributed by atoms with Crippen LogP contribution in [0, 0.1) is 13.8 Å². The summed E-state index contributed by atoms with van der Waals surface area (Å²) in [5, 5.41) is 13.8. The van der Waals surface area contributed by atoms with Crippen LogP contribution in [0.3, 0.4) is 0 Å². The molecular weight excluding hydrogens is 556 g/mol. The molecule has 8 heteroatoms. The maximum Gasteiger partial charge on any atom is 0.344 e. The summed E-state index contributed by atoms with van der Waals surface area (Å²) in [6.45, 7) is 7.99. The number of carbonyl (C=O) groups excluding carboxylic acids is 1. The molecule has 0 aliphatic heterocycles.